The topological polar surface area (TPSA) is 21.3 Å². The van der Waals surface area contributed by atoms with Gasteiger partial charge in [0, 0.05) is 11.6 Å². The van der Waals surface area contributed by atoms with Crippen LogP contribution >= 0.6 is 11.6 Å². The molecule has 0 aliphatic heterocycles. The van der Waals surface area contributed by atoms with Gasteiger partial charge in [0.15, 0.2) is 0 Å². The zero-order valence-corrected chi connectivity index (χ0v) is 10.9. The fraction of sp³-hybridized carbons (Fsp3) is 0.571. The Morgan fingerprint density at radius 3 is 2.59 bits per heavy atom. The summed E-state index contributed by atoms with van der Waals surface area (Å²) in [4.78, 5) is 0. The fourth-order valence-corrected chi connectivity index (χ4v) is 2.42. The third-order valence-corrected chi connectivity index (χ3v) is 3.52. The number of nitrogens with one attached hydrogen (secondary N) is 1. The Hall–Kier alpha value is -0.730. The molecule has 2 rings (SSSR count). The highest BCUT2D eigenvalue weighted by Gasteiger charge is 2.13. The van der Waals surface area contributed by atoms with Gasteiger partial charge in [-0.25, -0.2) is 0 Å². The number of benzene rings is 1. The first-order valence-corrected chi connectivity index (χ1v) is 6.81. The molecule has 1 saturated carbocycles. The number of hydrogen-bond donors (Lipinski definition) is 1. The highest BCUT2D eigenvalue weighted by Crippen LogP contribution is 2.23. The van der Waals surface area contributed by atoms with Gasteiger partial charge in [-0.1, -0.05) is 24.4 Å². The van der Waals surface area contributed by atoms with Crippen molar-refractivity contribution in [2.75, 3.05) is 19.7 Å². The van der Waals surface area contributed by atoms with Crippen molar-refractivity contribution >= 4 is 11.6 Å². The van der Waals surface area contributed by atoms with E-state index in [1.165, 1.54) is 25.7 Å². The molecular formula is C14H20ClNO. The molecule has 0 amide bonds. The molecule has 0 aromatic heterocycles. The summed E-state index contributed by atoms with van der Waals surface area (Å²) in [6, 6.07) is 7.50. The van der Waals surface area contributed by atoms with Crippen LogP contribution in [0, 0.1) is 5.92 Å². The molecule has 1 aliphatic carbocycles. The number of rotatable bonds is 6. The lowest BCUT2D eigenvalue weighted by atomic mass is 10.1. The third-order valence-electron chi connectivity index (χ3n) is 3.27. The maximum atomic E-state index is 5.80. The predicted octanol–water partition coefficient (Wildman–Crippen LogP) is 3.50. The van der Waals surface area contributed by atoms with Crippen molar-refractivity contribution in [1.29, 1.82) is 0 Å². The second-order valence-electron chi connectivity index (χ2n) is 4.66. The van der Waals surface area contributed by atoms with Gasteiger partial charge < -0.3 is 10.1 Å². The molecule has 0 bridgehead atoms. The van der Waals surface area contributed by atoms with Gasteiger partial charge in [-0.15, -0.1) is 0 Å². The monoisotopic (exact) mass is 253 g/mol. The van der Waals surface area contributed by atoms with Crippen LogP contribution in [0.25, 0.3) is 0 Å². The smallest absolute Gasteiger partial charge is 0.119 e. The van der Waals surface area contributed by atoms with E-state index in [1.54, 1.807) is 0 Å². The van der Waals surface area contributed by atoms with Gasteiger partial charge in [-0.2, -0.15) is 0 Å². The lowest BCUT2D eigenvalue weighted by molar-refractivity contribution is 0.309. The molecule has 0 heterocycles. The van der Waals surface area contributed by atoms with Crippen LogP contribution in [0.4, 0.5) is 0 Å². The first-order chi connectivity index (χ1) is 8.34. The summed E-state index contributed by atoms with van der Waals surface area (Å²) >= 11 is 5.80. The normalized spacial score (nSPS) is 16.3. The zero-order valence-electron chi connectivity index (χ0n) is 10.1. The van der Waals surface area contributed by atoms with Crippen molar-refractivity contribution < 1.29 is 4.74 Å². The van der Waals surface area contributed by atoms with E-state index in [0.717, 1.165) is 29.8 Å². The number of halogens is 1. The summed E-state index contributed by atoms with van der Waals surface area (Å²) < 4.78 is 5.60. The molecule has 2 nitrogen and oxygen atoms in total. The van der Waals surface area contributed by atoms with Crippen molar-refractivity contribution in [3.05, 3.63) is 29.3 Å². The molecule has 0 unspecified atom stereocenters. The Morgan fingerprint density at radius 2 is 1.88 bits per heavy atom. The van der Waals surface area contributed by atoms with E-state index in [4.69, 9.17) is 16.3 Å². The molecule has 1 aromatic rings. The van der Waals surface area contributed by atoms with Crippen molar-refractivity contribution in [3.63, 3.8) is 0 Å². The predicted molar refractivity (Wildman–Crippen MR) is 71.8 cm³/mol. The average Bonchev–Trinajstić information content (AvgIpc) is 2.84. The lowest BCUT2D eigenvalue weighted by Crippen LogP contribution is -2.26. The lowest BCUT2D eigenvalue weighted by Gasteiger charge is -2.11. The van der Waals surface area contributed by atoms with E-state index in [9.17, 15) is 0 Å². The summed E-state index contributed by atoms with van der Waals surface area (Å²) in [5.41, 5.74) is 0. The van der Waals surface area contributed by atoms with E-state index >= 15 is 0 Å². The highest BCUT2D eigenvalue weighted by atomic mass is 35.5. The Morgan fingerprint density at radius 1 is 1.18 bits per heavy atom. The number of ether oxygens (including phenoxy) is 1. The molecule has 0 radical (unpaired) electrons. The molecule has 0 saturated heterocycles. The van der Waals surface area contributed by atoms with E-state index in [1.807, 2.05) is 24.3 Å². The van der Waals surface area contributed by atoms with E-state index in [0.29, 0.717) is 6.61 Å². The van der Waals surface area contributed by atoms with Crippen LogP contribution in [-0.2, 0) is 0 Å². The van der Waals surface area contributed by atoms with Crippen molar-refractivity contribution in [2.24, 2.45) is 5.92 Å². The molecule has 17 heavy (non-hydrogen) atoms. The van der Waals surface area contributed by atoms with Crippen molar-refractivity contribution in [3.8, 4) is 5.75 Å². The van der Waals surface area contributed by atoms with E-state index < -0.39 is 0 Å². The standard InChI is InChI=1S/C14H20ClNO/c15-13-5-7-14(8-6-13)17-10-9-16-11-12-3-1-2-4-12/h5-8,12,16H,1-4,9-11H2. The van der Waals surface area contributed by atoms with E-state index in [-0.39, 0.29) is 0 Å². The molecule has 0 atom stereocenters. The quantitative estimate of drug-likeness (QED) is 0.784. The second-order valence-corrected chi connectivity index (χ2v) is 5.09. The number of hydrogen-bond acceptors (Lipinski definition) is 2. The van der Waals surface area contributed by atoms with Gasteiger partial charge in [0.25, 0.3) is 0 Å². The second kappa shape index (κ2) is 6.87. The molecule has 3 heteroatoms. The first-order valence-electron chi connectivity index (χ1n) is 6.44. The summed E-state index contributed by atoms with van der Waals surface area (Å²) in [5.74, 6) is 1.78. The maximum absolute atomic E-state index is 5.80. The van der Waals surface area contributed by atoms with Gasteiger partial charge in [-0.3, -0.25) is 0 Å². The van der Waals surface area contributed by atoms with E-state index in [2.05, 4.69) is 5.32 Å². The third kappa shape index (κ3) is 4.57. The minimum absolute atomic E-state index is 0.717. The molecule has 1 aromatic carbocycles. The summed E-state index contributed by atoms with van der Waals surface area (Å²) in [7, 11) is 0. The van der Waals surface area contributed by atoms with Crippen LogP contribution in [0.1, 0.15) is 25.7 Å². The Labute approximate surface area is 108 Å². The summed E-state index contributed by atoms with van der Waals surface area (Å²) in [6.45, 7) is 2.78. The van der Waals surface area contributed by atoms with Gasteiger partial charge in [-0.05, 0) is 49.6 Å². The minimum Gasteiger partial charge on any atom is -0.492 e. The van der Waals surface area contributed by atoms with Crippen LogP contribution in [-0.4, -0.2) is 19.7 Å². The SMILES string of the molecule is Clc1ccc(OCCNCC2CCCC2)cc1. The van der Waals surface area contributed by atoms with Crippen molar-refractivity contribution in [1.82, 2.24) is 5.32 Å². The molecule has 1 N–H and O–H groups in total. The molecule has 1 aliphatic rings. The molecule has 0 spiro atoms. The Kier molecular flexibility index (Phi) is 5.14. The van der Waals surface area contributed by atoms with Gasteiger partial charge >= 0.3 is 0 Å². The Balaban J connectivity index is 1.55. The van der Waals surface area contributed by atoms with Crippen molar-refractivity contribution in [2.45, 2.75) is 25.7 Å². The molecule has 1 fully saturated rings. The Bertz CT molecular complexity index is 319. The van der Waals surface area contributed by atoms with Crippen LogP contribution in [0.5, 0.6) is 5.75 Å². The van der Waals surface area contributed by atoms with Crippen LogP contribution in [0.2, 0.25) is 5.02 Å². The van der Waals surface area contributed by atoms with Gasteiger partial charge in [0.2, 0.25) is 0 Å². The van der Waals surface area contributed by atoms with Crippen LogP contribution in [0.3, 0.4) is 0 Å². The van der Waals surface area contributed by atoms with Gasteiger partial charge in [0.1, 0.15) is 12.4 Å². The molecular weight excluding hydrogens is 234 g/mol. The fourth-order valence-electron chi connectivity index (χ4n) is 2.29. The molecule has 94 valence electrons. The zero-order chi connectivity index (χ0) is 11.9. The summed E-state index contributed by atoms with van der Waals surface area (Å²) in [6.07, 6.45) is 5.61. The average molecular weight is 254 g/mol. The van der Waals surface area contributed by atoms with Crippen LogP contribution in [0.15, 0.2) is 24.3 Å². The summed E-state index contributed by atoms with van der Waals surface area (Å²) in [5, 5.41) is 4.20. The highest BCUT2D eigenvalue weighted by molar-refractivity contribution is 6.30. The van der Waals surface area contributed by atoms with Gasteiger partial charge in [0.05, 0.1) is 0 Å². The maximum Gasteiger partial charge on any atom is 0.119 e. The minimum atomic E-state index is 0.717. The van der Waals surface area contributed by atoms with Crippen LogP contribution < -0.4 is 10.1 Å². The first kappa shape index (κ1) is 12.7. The largest absolute Gasteiger partial charge is 0.492 e.